The highest BCUT2D eigenvalue weighted by Crippen LogP contribution is 2.33. The average molecular weight is 362 g/mol. The monoisotopic (exact) mass is 361 g/mol. The van der Waals surface area contributed by atoms with Gasteiger partial charge in [0.15, 0.2) is 0 Å². The van der Waals surface area contributed by atoms with E-state index in [1.807, 2.05) is 24.3 Å². The van der Waals surface area contributed by atoms with Crippen LogP contribution >= 0.6 is 15.9 Å². The standard InChI is InChI=1S/C20H14BrSi/c21-18-14-8-7-13-17(18)20(22)19(15-9-3-1-4-10-15)16-11-5-2-6-12-16/h1-14H. The van der Waals surface area contributed by atoms with Crippen LogP contribution in [-0.2, 0) is 0 Å². The van der Waals surface area contributed by atoms with Crippen molar-refractivity contribution in [2.75, 3.05) is 0 Å². The van der Waals surface area contributed by atoms with E-state index in [1.165, 1.54) is 16.7 Å². The van der Waals surface area contributed by atoms with Crippen LogP contribution in [0, 0.1) is 0 Å². The second kappa shape index (κ2) is 6.90. The maximum absolute atomic E-state index is 3.89. The molecule has 0 aromatic heterocycles. The summed E-state index contributed by atoms with van der Waals surface area (Å²) in [5.41, 5.74) is 4.70. The Bertz CT molecular complexity index is 751. The molecule has 0 N–H and O–H groups in total. The van der Waals surface area contributed by atoms with Gasteiger partial charge in [0.05, 0.1) is 10.2 Å². The number of rotatable bonds is 3. The molecule has 0 atom stereocenters. The van der Waals surface area contributed by atoms with Gasteiger partial charge in [-0.25, -0.2) is 0 Å². The van der Waals surface area contributed by atoms with Gasteiger partial charge in [-0.15, -0.1) is 0 Å². The van der Waals surface area contributed by atoms with E-state index in [1.54, 1.807) is 0 Å². The zero-order chi connectivity index (χ0) is 15.4. The second-order valence-electron chi connectivity index (χ2n) is 4.96. The number of hydrogen-bond donors (Lipinski definition) is 0. The third-order valence-electron chi connectivity index (χ3n) is 3.52. The Morgan fingerprint density at radius 1 is 0.636 bits per heavy atom. The summed E-state index contributed by atoms with van der Waals surface area (Å²) in [6, 6.07) is 29.1. The van der Waals surface area contributed by atoms with Gasteiger partial charge in [-0.1, -0.05) is 100.0 Å². The molecule has 0 saturated carbocycles. The molecular formula is C20H14BrSi. The minimum absolute atomic E-state index is 1.07. The van der Waals surface area contributed by atoms with Gasteiger partial charge in [-0.2, -0.15) is 0 Å². The van der Waals surface area contributed by atoms with Crippen LogP contribution in [0.2, 0.25) is 0 Å². The first-order valence-corrected chi connectivity index (χ1v) is 8.38. The lowest BCUT2D eigenvalue weighted by Crippen LogP contribution is -1.95. The maximum Gasteiger partial charge on any atom is 0.0729 e. The molecule has 2 heteroatoms. The molecule has 0 aliphatic heterocycles. The van der Waals surface area contributed by atoms with E-state index in [2.05, 4.69) is 86.8 Å². The Labute approximate surface area is 143 Å². The molecule has 0 spiro atoms. The first kappa shape index (κ1) is 15.0. The van der Waals surface area contributed by atoms with Crippen molar-refractivity contribution in [2.45, 2.75) is 0 Å². The summed E-state index contributed by atoms with van der Waals surface area (Å²) < 4.78 is 1.07. The topological polar surface area (TPSA) is 0 Å². The van der Waals surface area contributed by atoms with Gasteiger partial charge >= 0.3 is 0 Å². The molecule has 3 rings (SSSR count). The summed E-state index contributed by atoms with van der Waals surface area (Å²) in [5, 5.41) is 1.07. The van der Waals surface area contributed by atoms with Gasteiger partial charge in [0.2, 0.25) is 0 Å². The SMILES string of the molecule is [Si]C(=C(c1ccccc1)c1ccccc1)c1ccccc1Br. The molecule has 0 fully saturated rings. The van der Waals surface area contributed by atoms with Crippen molar-refractivity contribution in [3.63, 3.8) is 0 Å². The molecule has 0 aliphatic carbocycles. The molecule has 0 bridgehead atoms. The lowest BCUT2D eigenvalue weighted by atomic mass is 9.95. The van der Waals surface area contributed by atoms with Crippen LogP contribution < -0.4 is 0 Å². The Hall–Kier alpha value is -1.90. The van der Waals surface area contributed by atoms with Crippen LogP contribution in [0.3, 0.4) is 0 Å². The molecule has 0 aliphatic rings. The Balaban J connectivity index is 2.26. The quantitative estimate of drug-likeness (QED) is 0.424. The molecule has 22 heavy (non-hydrogen) atoms. The van der Waals surface area contributed by atoms with Crippen molar-refractivity contribution in [3.05, 3.63) is 106 Å². The first-order valence-electron chi connectivity index (χ1n) is 7.09. The number of halogens is 1. The molecule has 3 aromatic rings. The molecule has 0 unspecified atom stereocenters. The minimum Gasteiger partial charge on any atom is -0.0622 e. The average Bonchev–Trinajstić information content (AvgIpc) is 2.57. The van der Waals surface area contributed by atoms with Crippen molar-refractivity contribution in [3.8, 4) is 0 Å². The van der Waals surface area contributed by atoms with E-state index in [0.29, 0.717) is 0 Å². The minimum atomic E-state index is 1.07. The van der Waals surface area contributed by atoms with Gasteiger partial charge in [0, 0.05) is 4.47 Å². The van der Waals surface area contributed by atoms with Gasteiger partial charge in [-0.3, -0.25) is 0 Å². The summed E-state index contributed by atoms with van der Waals surface area (Å²) in [6.07, 6.45) is 0. The lowest BCUT2D eigenvalue weighted by Gasteiger charge is -2.15. The zero-order valence-corrected chi connectivity index (χ0v) is 14.5. The van der Waals surface area contributed by atoms with E-state index >= 15 is 0 Å². The molecular weight excluding hydrogens is 348 g/mol. The van der Waals surface area contributed by atoms with Crippen LogP contribution in [0.25, 0.3) is 10.8 Å². The van der Waals surface area contributed by atoms with Crippen molar-refractivity contribution >= 4 is 36.9 Å². The van der Waals surface area contributed by atoms with Crippen molar-refractivity contribution in [1.82, 2.24) is 0 Å². The Kier molecular flexibility index (Phi) is 4.71. The Morgan fingerprint density at radius 2 is 1.09 bits per heavy atom. The van der Waals surface area contributed by atoms with Gasteiger partial charge < -0.3 is 0 Å². The summed E-state index contributed by atoms with van der Waals surface area (Å²) in [4.78, 5) is 0. The van der Waals surface area contributed by atoms with Crippen molar-refractivity contribution < 1.29 is 0 Å². The fourth-order valence-electron chi connectivity index (χ4n) is 2.46. The predicted molar refractivity (Wildman–Crippen MR) is 98.7 cm³/mol. The smallest absolute Gasteiger partial charge is 0.0622 e. The van der Waals surface area contributed by atoms with Crippen LogP contribution in [0.5, 0.6) is 0 Å². The van der Waals surface area contributed by atoms with E-state index in [9.17, 15) is 0 Å². The third kappa shape index (κ3) is 3.13. The molecule has 105 valence electrons. The fourth-order valence-corrected chi connectivity index (χ4v) is 3.64. The first-order chi connectivity index (χ1) is 10.8. The molecule has 3 aromatic carbocycles. The third-order valence-corrected chi connectivity index (χ3v) is 4.73. The highest BCUT2D eigenvalue weighted by atomic mass is 79.9. The maximum atomic E-state index is 3.89. The van der Waals surface area contributed by atoms with E-state index in [4.69, 9.17) is 0 Å². The van der Waals surface area contributed by atoms with E-state index in [-0.39, 0.29) is 0 Å². The van der Waals surface area contributed by atoms with E-state index < -0.39 is 0 Å². The van der Waals surface area contributed by atoms with Crippen molar-refractivity contribution in [2.24, 2.45) is 0 Å². The lowest BCUT2D eigenvalue weighted by molar-refractivity contribution is 1.53. The van der Waals surface area contributed by atoms with Crippen LogP contribution in [0.1, 0.15) is 16.7 Å². The molecule has 0 saturated heterocycles. The van der Waals surface area contributed by atoms with Crippen LogP contribution in [0.15, 0.2) is 89.4 Å². The molecule has 3 radical (unpaired) electrons. The van der Waals surface area contributed by atoms with Crippen LogP contribution in [0.4, 0.5) is 0 Å². The number of benzene rings is 3. The largest absolute Gasteiger partial charge is 0.0729 e. The van der Waals surface area contributed by atoms with Gasteiger partial charge in [0.25, 0.3) is 0 Å². The summed E-state index contributed by atoms with van der Waals surface area (Å²) >= 11 is 3.65. The summed E-state index contributed by atoms with van der Waals surface area (Å²) in [5.74, 6) is 0. The zero-order valence-electron chi connectivity index (χ0n) is 12.0. The van der Waals surface area contributed by atoms with Gasteiger partial charge in [0.1, 0.15) is 0 Å². The summed E-state index contributed by atoms with van der Waals surface area (Å²) in [6.45, 7) is 0. The van der Waals surface area contributed by atoms with Crippen molar-refractivity contribution in [1.29, 1.82) is 0 Å². The highest BCUT2D eigenvalue weighted by Gasteiger charge is 2.11. The van der Waals surface area contributed by atoms with E-state index in [0.717, 1.165) is 15.2 Å². The van der Waals surface area contributed by atoms with Crippen LogP contribution in [-0.4, -0.2) is 10.2 Å². The Morgan fingerprint density at radius 3 is 1.59 bits per heavy atom. The normalized spacial score (nSPS) is 10.3. The fraction of sp³-hybridized carbons (Fsp3) is 0. The predicted octanol–water partition coefficient (Wildman–Crippen LogP) is 5.53. The van der Waals surface area contributed by atoms with Gasteiger partial charge in [-0.05, 0) is 28.3 Å². The molecule has 0 heterocycles. The summed E-state index contributed by atoms with van der Waals surface area (Å²) in [7, 11) is 3.89. The molecule has 0 amide bonds. The number of hydrogen-bond acceptors (Lipinski definition) is 0. The molecule has 0 nitrogen and oxygen atoms in total. The highest BCUT2D eigenvalue weighted by molar-refractivity contribution is 9.10. The second-order valence-corrected chi connectivity index (χ2v) is 6.32.